The molecule has 0 amide bonds. The molecule has 1 aliphatic carbocycles. The Morgan fingerprint density at radius 1 is 1.00 bits per heavy atom. The Morgan fingerprint density at radius 3 is 2.21 bits per heavy atom. The van der Waals surface area contributed by atoms with Gasteiger partial charge in [-0.3, -0.25) is 4.55 Å². The van der Waals surface area contributed by atoms with E-state index in [4.69, 9.17) is 0 Å². The maximum atomic E-state index is 11.6. The number of hydrogen-bond donors (Lipinski definition) is 1. The maximum Gasteiger partial charge on any atom is 0.294 e. The van der Waals surface area contributed by atoms with Crippen molar-refractivity contribution in [1.29, 1.82) is 0 Å². The first-order valence-electron chi connectivity index (χ1n) is 10.3. The third kappa shape index (κ3) is 4.34. The second kappa shape index (κ2) is 7.41. The molecule has 29 heavy (non-hydrogen) atoms. The Labute approximate surface area is 175 Å². The SMILES string of the molecule is CCc1cc(/C=C(\C)c2ccc3c(c2)C(C)(C)CCC3(C)C)ccc1S(=O)(=O)O. The molecule has 0 radical (unpaired) electrons. The number of rotatable bonds is 4. The van der Waals surface area contributed by atoms with Gasteiger partial charge in [0.05, 0.1) is 4.90 Å². The fraction of sp³-hybridized carbons (Fsp3) is 0.440. The van der Waals surface area contributed by atoms with E-state index in [2.05, 4.69) is 58.9 Å². The van der Waals surface area contributed by atoms with Crippen molar-refractivity contribution in [2.75, 3.05) is 0 Å². The van der Waals surface area contributed by atoms with Crippen LogP contribution in [-0.4, -0.2) is 13.0 Å². The smallest absolute Gasteiger partial charge is 0.282 e. The first-order valence-corrected chi connectivity index (χ1v) is 11.7. The summed E-state index contributed by atoms with van der Waals surface area (Å²) in [6.45, 7) is 13.3. The molecule has 0 atom stereocenters. The monoisotopic (exact) mass is 412 g/mol. The number of allylic oxidation sites excluding steroid dienone is 1. The standard InChI is InChI=1S/C25H32O3S/c1-7-19-15-18(8-11-23(19)29(26,27)28)14-17(2)20-9-10-21-22(16-20)25(5,6)13-12-24(21,3)4/h8-11,14-16H,7,12-13H2,1-6H3,(H,26,27,28)/b17-14+. The molecule has 0 saturated carbocycles. The van der Waals surface area contributed by atoms with Crippen LogP contribution in [0.4, 0.5) is 0 Å². The van der Waals surface area contributed by atoms with E-state index in [1.807, 2.05) is 13.0 Å². The van der Waals surface area contributed by atoms with Gasteiger partial charge in [-0.15, -0.1) is 0 Å². The van der Waals surface area contributed by atoms with Crippen LogP contribution in [0, 0.1) is 0 Å². The van der Waals surface area contributed by atoms with Gasteiger partial charge in [0.25, 0.3) is 10.1 Å². The lowest BCUT2D eigenvalue weighted by Crippen LogP contribution is -2.33. The highest BCUT2D eigenvalue weighted by Gasteiger charge is 2.36. The molecule has 0 unspecified atom stereocenters. The summed E-state index contributed by atoms with van der Waals surface area (Å²) < 4.78 is 32.5. The number of aryl methyl sites for hydroxylation is 1. The van der Waals surface area contributed by atoms with Crippen molar-refractivity contribution >= 4 is 21.8 Å². The van der Waals surface area contributed by atoms with Crippen LogP contribution in [-0.2, 0) is 27.4 Å². The van der Waals surface area contributed by atoms with Crippen molar-refractivity contribution in [3.63, 3.8) is 0 Å². The Balaban J connectivity index is 2.03. The molecule has 1 aliphatic rings. The van der Waals surface area contributed by atoms with E-state index in [0.29, 0.717) is 12.0 Å². The van der Waals surface area contributed by atoms with E-state index in [-0.39, 0.29) is 15.7 Å². The van der Waals surface area contributed by atoms with Crippen LogP contribution in [0.3, 0.4) is 0 Å². The molecule has 2 aromatic rings. The average molecular weight is 413 g/mol. The average Bonchev–Trinajstić information content (AvgIpc) is 2.64. The summed E-state index contributed by atoms with van der Waals surface area (Å²) in [4.78, 5) is -0.00688. The largest absolute Gasteiger partial charge is 0.294 e. The van der Waals surface area contributed by atoms with E-state index in [0.717, 1.165) is 11.1 Å². The predicted molar refractivity (Wildman–Crippen MR) is 121 cm³/mol. The summed E-state index contributed by atoms with van der Waals surface area (Å²) in [5, 5.41) is 0. The van der Waals surface area contributed by atoms with Gasteiger partial charge < -0.3 is 0 Å². The molecule has 156 valence electrons. The molecule has 1 N–H and O–H groups in total. The lowest BCUT2D eigenvalue weighted by atomic mass is 9.63. The molecule has 3 rings (SSSR count). The van der Waals surface area contributed by atoms with Gasteiger partial charge in [-0.1, -0.05) is 71.0 Å². The van der Waals surface area contributed by atoms with Crippen LogP contribution < -0.4 is 0 Å². The molecule has 0 spiro atoms. The van der Waals surface area contributed by atoms with Crippen molar-refractivity contribution in [2.24, 2.45) is 0 Å². The third-order valence-electron chi connectivity index (χ3n) is 6.43. The molecule has 2 aromatic carbocycles. The van der Waals surface area contributed by atoms with Crippen LogP contribution in [0.5, 0.6) is 0 Å². The topological polar surface area (TPSA) is 54.4 Å². The van der Waals surface area contributed by atoms with Crippen molar-refractivity contribution in [2.45, 2.75) is 76.5 Å². The Hall–Kier alpha value is -1.91. The lowest BCUT2D eigenvalue weighted by molar-refractivity contribution is 0.332. The van der Waals surface area contributed by atoms with Gasteiger partial charge in [-0.05, 0) is 76.5 Å². The van der Waals surface area contributed by atoms with Crippen molar-refractivity contribution in [3.05, 3.63) is 64.2 Å². The maximum absolute atomic E-state index is 11.6. The van der Waals surface area contributed by atoms with Crippen LogP contribution in [0.15, 0.2) is 41.3 Å². The summed E-state index contributed by atoms with van der Waals surface area (Å²) in [7, 11) is -4.20. The minimum Gasteiger partial charge on any atom is -0.282 e. The molecule has 0 saturated heterocycles. The molecule has 3 nitrogen and oxygen atoms in total. The minimum atomic E-state index is -4.20. The predicted octanol–water partition coefficient (Wildman–Crippen LogP) is 6.41. The van der Waals surface area contributed by atoms with E-state index in [1.165, 1.54) is 35.6 Å². The zero-order valence-corrected chi connectivity index (χ0v) is 19.2. The summed E-state index contributed by atoms with van der Waals surface area (Å²) in [5.74, 6) is 0. The van der Waals surface area contributed by atoms with Crippen molar-refractivity contribution in [3.8, 4) is 0 Å². The summed E-state index contributed by atoms with van der Waals surface area (Å²) >= 11 is 0. The molecule has 0 aromatic heterocycles. The fourth-order valence-corrected chi connectivity index (χ4v) is 5.16. The first kappa shape index (κ1) is 21.8. The summed E-state index contributed by atoms with van der Waals surface area (Å²) in [6.07, 6.45) is 4.99. The van der Waals surface area contributed by atoms with Gasteiger partial charge in [0, 0.05) is 0 Å². The molecule has 4 heteroatoms. The van der Waals surface area contributed by atoms with Crippen LogP contribution in [0.2, 0.25) is 0 Å². The highest BCUT2D eigenvalue weighted by molar-refractivity contribution is 7.85. The fourth-order valence-electron chi connectivity index (χ4n) is 4.38. The number of benzene rings is 2. The molecule has 0 fully saturated rings. The van der Waals surface area contributed by atoms with Gasteiger partial charge in [0.15, 0.2) is 0 Å². The van der Waals surface area contributed by atoms with Gasteiger partial charge >= 0.3 is 0 Å². The molecular weight excluding hydrogens is 380 g/mol. The normalized spacial score (nSPS) is 18.4. The third-order valence-corrected chi connectivity index (χ3v) is 7.39. The van der Waals surface area contributed by atoms with Crippen LogP contribution in [0.25, 0.3) is 11.6 Å². The molecule has 0 aliphatic heterocycles. The highest BCUT2D eigenvalue weighted by atomic mass is 32.2. The molecule has 0 bridgehead atoms. The zero-order chi connectivity index (χ0) is 21.6. The van der Waals surface area contributed by atoms with Crippen molar-refractivity contribution in [1.82, 2.24) is 0 Å². The quantitative estimate of drug-likeness (QED) is 0.466. The minimum absolute atomic E-state index is 0.00688. The number of fused-ring (bicyclic) bond motifs is 1. The Kier molecular flexibility index (Phi) is 5.57. The molecule has 0 heterocycles. The van der Waals surface area contributed by atoms with E-state index in [9.17, 15) is 13.0 Å². The Bertz CT molecular complexity index is 1070. The van der Waals surface area contributed by atoms with Crippen LogP contribution in [0.1, 0.15) is 82.2 Å². The molecular formula is C25H32O3S. The summed E-state index contributed by atoms with van der Waals surface area (Å²) in [6, 6.07) is 11.9. The first-order chi connectivity index (χ1) is 13.3. The lowest BCUT2D eigenvalue weighted by Gasteiger charge is -2.42. The highest BCUT2D eigenvalue weighted by Crippen LogP contribution is 2.46. The van der Waals surface area contributed by atoms with Gasteiger partial charge in [0.1, 0.15) is 0 Å². The summed E-state index contributed by atoms with van der Waals surface area (Å²) in [5.41, 5.74) is 7.11. The second-order valence-electron chi connectivity index (χ2n) is 9.55. The van der Waals surface area contributed by atoms with Crippen molar-refractivity contribution < 1.29 is 13.0 Å². The zero-order valence-electron chi connectivity index (χ0n) is 18.3. The Morgan fingerprint density at radius 2 is 1.62 bits per heavy atom. The number of hydrogen-bond acceptors (Lipinski definition) is 2. The second-order valence-corrected chi connectivity index (χ2v) is 10.9. The van der Waals surface area contributed by atoms with E-state index < -0.39 is 10.1 Å². The van der Waals surface area contributed by atoms with Gasteiger partial charge in [-0.2, -0.15) is 8.42 Å². The van der Waals surface area contributed by atoms with Gasteiger partial charge in [0.2, 0.25) is 0 Å². The van der Waals surface area contributed by atoms with E-state index >= 15 is 0 Å². The van der Waals surface area contributed by atoms with Gasteiger partial charge in [-0.25, -0.2) is 0 Å². The van der Waals surface area contributed by atoms with Crippen LogP contribution >= 0.6 is 0 Å². The van der Waals surface area contributed by atoms with E-state index in [1.54, 1.807) is 6.07 Å².